The molecule has 1 aliphatic heterocycles. The van der Waals surface area contributed by atoms with Crippen LogP contribution in [0.1, 0.15) is 0 Å². The lowest BCUT2D eigenvalue weighted by atomic mass is 10.1. The van der Waals surface area contributed by atoms with Gasteiger partial charge in [-0.05, 0) is 48.5 Å². The van der Waals surface area contributed by atoms with Crippen LogP contribution in [0.25, 0.3) is 21.5 Å². The van der Waals surface area contributed by atoms with Gasteiger partial charge in [-0.2, -0.15) is 33.7 Å². The maximum atomic E-state index is 12.4. The first-order chi connectivity index (χ1) is 27.9. The van der Waals surface area contributed by atoms with Crippen LogP contribution in [0.15, 0.2) is 68.1 Å². The van der Waals surface area contributed by atoms with Crippen LogP contribution in [0.3, 0.4) is 0 Å². The predicted octanol–water partition coefficient (Wildman–Crippen LogP) is 2.29. The van der Waals surface area contributed by atoms with Crippen molar-refractivity contribution in [2.24, 2.45) is 0 Å². The lowest BCUT2D eigenvalue weighted by Crippen LogP contribution is -2.15. The summed E-state index contributed by atoms with van der Waals surface area (Å²) in [5.74, 6) is -0.714. The summed E-state index contributed by atoms with van der Waals surface area (Å²) in [5.41, 5.74) is 0. The summed E-state index contributed by atoms with van der Waals surface area (Å²) in [4.78, 5) is -2.87. The van der Waals surface area contributed by atoms with Gasteiger partial charge < -0.3 is 42.6 Å². The molecule has 25 heteroatoms. The molecule has 21 nitrogen and oxygen atoms in total. The molecule has 1 heterocycles. The molecule has 4 N–H and O–H groups in total. The monoisotopic (exact) mass is 912 g/mol. The van der Waals surface area contributed by atoms with Crippen molar-refractivity contribution >= 4 is 62.0 Å². The maximum Gasteiger partial charge on any atom is 0.295 e. The minimum absolute atomic E-state index is 0.00242. The maximum absolute atomic E-state index is 12.4. The van der Waals surface area contributed by atoms with Gasteiger partial charge in [0.2, 0.25) is 0 Å². The second-order valence-electron chi connectivity index (χ2n) is 12.1. The third kappa shape index (κ3) is 12.3. The molecule has 4 aromatic rings. The van der Waals surface area contributed by atoms with Gasteiger partial charge in [-0.25, -0.2) is 0 Å². The topological polar surface area (TPSA) is 301 Å². The fraction of sp³-hybridized carbons (Fsp3) is 0.412. The predicted molar refractivity (Wildman–Crippen MR) is 203 cm³/mol. The van der Waals surface area contributed by atoms with Gasteiger partial charge in [0.25, 0.3) is 40.5 Å². The molecule has 0 aliphatic carbocycles. The van der Waals surface area contributed by atoms with E-state index in [9.17, 15) is 51.9 Å². The Balaban J connectivity index is 1.35. The van der Waals surface area contributed by atoms with Crippen LogP contribution in [0.2, 0.25) is 0 Å². The molecule has 0 spiro atoms. The zero-order chi connectivity index (χ0) is 42.8. The Kier molecular flexibility index (Phi) is 15.7. The van der Waals surface area contributed by atoms with Crippen molar-refractivity contribution in [3.63, 3.8) is 0 Å². The fourth-order valence-electron chi connectivity index (χ4n) is 5.79. The molecule has 0 unspecified atom stereocenters. The lowest BCUT2D eigenvalue weighted by molar-refractivity contribution is 0.00511. The van der Waals surface area contributed by atoms with E-state index in [2.05, 4.69) is 0 Å². The summed E-state index contributed by atoms with van der Waals surface area (Å²) in [5, 5.41) is -1.53. The van der Waals surface area contributed by atoms with Gasteiger partial charge in [-0.1, -0.05) is 0 Å². The van der Waals surface area contributed by atoms with Crippen molar-refractivity contribution in [1.82, 2.24) is 0 Å². The SMILES string of the molecule is O=S(=O)(O)c1ccc2c3c(S(=O)(=O)O)ccc(c13)OCCOCCOCCOCCOc1ccc(S(=O)(=O)O)c3c(ccc(S(=O)(=O)O)c13)OCCOCCOCCO2. The number of rotatable bonds is 4. The van der Waals surface area contributed by atoms with E-state index in [1.807, 2.05) is 0 Å². The molecule has 0 saturated carbocycles. The molecule has 0 atom stereocenters. The standard InChI is InChI=1S/C34H40O21S4/c35-56(36,37)27-7-3-25-33-29(58(41,42)43)5-1-23(31(27)33)52-19-15-48-11-9-47-10-12-49-16-20-53-24-2-6-30(59(44,45)46)34-26(4-8-28(32(24)34)57(38,39)40)55-22-18-51-14-13-50-17-21-54-25/h1-8H,9-22H2,(H,35,36,37)(H,38,39,40)(H,41,42,43)(H,44,45,46). The van der Waals surface area contributed by atoms with Crippen LogP contribution < -0.4 is 18.9 Å². The van der Waals surface area contributed by atoms with Gasteiger partial charge >= 0.3 is 0 Å². The van der Waals surface area contributed by atoms with E-state index in [4.69, 9.17) is 42.6 Å². The second-order valence-corrected chi connectivity index (χ2v) is 17.7. The lowest BCUT2D eigenvalue weighted by Gasteiger charge is -2.17. The van der Waals surface area contributed by atoms with Crippen molar-refractivity contribution in [3.8, 4) is 23.0 Å². The van der Waals surface area contributed by atoms with Gasteiger partial charge in [0.05, 0.1) is 66.1 Å². The van der Waals surface area contributed by atoms with E-state index in [0.29, 0.717) is 0 Å². The molecule has 5 rings (SSSR count). The normalized spacial score (nSPS) is 17.3. The van der Waals surface area contributed by atoms with Crippen molar-refractivity contribution in [1.29, 1.82) is 0 Å². The summed E-state index contributed by atoms with van der Waals surface area (Å²) < 4.78 is 189. The summed E-state index contributed by atoms with van der Waals surface area (Å²) in [7, 11) is -19.8. The van der Waals surface area contributed by atoms with Crippen LogP contribution in [0.4, 0.5) is 0 Å². The molecule has 0 aromatic heterocycles. The first-order valence-electron chi connectivity index (χ1n) is 17.4. The molecule has 8 bridgehead atoms. The first-order valence-corrected chi connectivity index (χ1v) is 23.1. The quantitative estimate of drug-likeness (QED) is 0.214. The number of hydrogen-bond donors (Lipinski definition) is 4. The minimum atomic E-state index is -4.97. The van der Waals surface area contributed by atoms with Crippen LogP contribution in [0, 0.1) is 0 Å². The van der Waals surface area contributed by atoms with Crippen molar-refractivity contribution in [3.05, 3.63) is 48.5 Å². The fourth-order valence-corrected chi connectivity index (χ4v) is 8.59. The van der Waals surface area contributed by atoms with E-state index < -0.39 is 60.1 Å². The molecule has 0 radical (unpaired) electrons. The van der Waals surface area contributed by atoms with E-state index >= 15 is 0 Å². The molecule has 59 heavy (non-hydrogen) atoms. The Bertz CT molecular complexity index is 2380. The summed E-state index contributed by atoms with van der Waals surface area (Å²) in [6.45, 7) is -0.618. The third-order valence-electron chi connectivity index (χ3n) is 8.18. The van der Waals surface area contributed by atoms with Gasteiger partial charge in [0.15, 0.2) is 0 Å². The number of hydrogen-bond acceptors (Lipinski definition) is 17. The second kappa shape index (κ2) is 20.1. The molecule has 4 aromatic carbocycles. The first kappa shape index (κ1) is 46.1. The van der Waals surface area contributed by atoms with Crippen molar-refractivity contribution in [2.45, 2.75) is 19.6 Å². The van der Waals surface area contributed by atoms with E-state index in [-0.39, 0.29) is 137 Å². The van der Waals surface area contributed by atoms with Gasteiger partial charge in [0.1, 0.15) is 69.0 Å². The van der Waals surface area contributed by atoms with Crippen molar-refractivity contribution in [2.75, 3.05) is 92.5 Å². The third-order valence-corrected chi connectivity index (χ3v) is 11.8. The van der Waals surface area contributed by atoms with Crippen molar-refractivity contribution < 1.29 is 94.5 Å². The summed E-state index contributed by atoms with van der Waals surface area (Å²) >= 11 is 0. The molecular weight excluding hydrogens is 873 g/mol. The highest BCUT2D eigenvalue weighted by Crippen LogP contribution is 2.43. The molecule has 0 fully saturated rings. The van der Waals surface area contributed by atoms with Crippen LogP contribution in [-0.4, -0.2) is 144 Å². The van der Waals surface area contributed by atoms with Crippen LogP contribution >= 0.6 is 0 Å². The van der Waals surface area contributed by atoms with Gasteiger partial charge in [-0.3, -0.25) is 18.2 Å². The largest absolute Gasteiger partial charge is 0.490 e. The number of benzene rings is 4. The van der Waals surface area contributed by atoms with E-state index in [1.54, 1.807) is 0 Å². The Morgan fingerprint density at radius 1 is 0.288 bits per heavy atom. The highest BCUT2D eigenvalue weighted by Gasteiger charge is 2.28. The summed E-state index contributed by atoms with van der Waals surface area (Å²) in [6, 6.07) is 8.35. The Labute approximate surface area is 338 Å². The number of ether oxygens (including phenoxy) is 9. The zero-order valence-corrected chi connectivity index (χ0v) is 34.1. The molecular formula is C34H40O21S4. The smallest absolute Gasteiger partial charge is 0.295 e. The molecule has 326 valence electrons. The van der Waals surface area contributed by atoms with Crippen LogP contribution in [-0.2, 0) is 64.2 Å². The van der Waals surface area contributed by atoms with E-state index in [0.717, 1.165) is 48.5 Å². The Hall–Kier alpha value is -3.96. The highest BCUT2D eigenvalue weighted by molar-refractivity contribution is 7.87. The Morgan fingerprint density at radius 3 is 0.627 bits per heavy atom. The van der Waals surface area contributed by atoms with Gasteiger partial charge in [0, 0.05) is 21.5 Å². The molecule has 0 saturated heterocycles. The van der Waals surface area contributed by atoms with E-state index in [1.165, 1.54) is 0 Å². The summed E-state index contributed by atoms with van der Waals surface area (Å²) in [6.07, 6.45) is 0. The average molecular weight is 913 g/mol. The van der Waals surface area contributed by atoms with Gasteiger partial charge in [-0.15, -0.1) is 0 Å². The Morgan fingerprint density at radius 2 is 0.458 bits per heavy atom. The highest BCUT2D eigenvalue weighted by atomic mass is 32.2. The average Bonchev–Trinajstić information content (AvgIpc) is 3.14. The minimum Gasteiger partial charge on any atom is -0.490 e. The molecule has 0 amide bonds. The zero-order valence-electron chi connectivity index (χ0n) is 30.9. The molecule has 1 aliphatic rings. The van der Waals surface area contributed by atoms with Crippen LogP contribution in [0.5, 0.6) is 23.0 Å².